The summed E-state index contributed by atoms with van der Waals surface area (Å²) in [7, 11) is 0. The first kappa shape index (κ1) is 18.8. The first-order valence-electron chi connectivity index (χ1n) is 9.71. The maximum Gasteiger partial charge on any atom is 0.265 e. The fraction of sp³-hybridized carbons (Fsp3) is 0.304. The van der Waals surface area contributed by atoms with Crippen molar-refractivity contribution in [3.63, 3.8) is 0 Å². The van der Waals surface area contributed by atoms with E-state index in [4.69, 9.17) is 0 Å². The first-order valence-corrected chi connectivity index (χ1v) is 10.5. The molecular formula is C23H25N3OS. The average Bonchev–Trinajstić information content (AvgIpc) is 3.12. The molecule has 1 fully saturated rings. The van der Waals surface area contributed by atoms with Crippen LogP contribution in [0.5, 0.6) is 0 Å². The van der Waals surface area contributed by atoms with Crippen LogP contribution in [0.4, 0.5) is 0 Å². The molecule has 28 heavy (non-hydrogen) atoms. The first-order chi connectivity index (χ1) is 13.6. The number of rotatable bonds is 4. The number of hydrogen-bond donors (Lipinski definition) is 0. The number of carbonyl (C=O) groups excluding carboxylic acids is 1. The molecule has 4 rings (SSSR count). The maximum atomic E-state index is 13.1. The van der Waals surface area contributed by atoms with Crippen LogP contribution in [0.15, 0.2) is 54.6 Å². The van der Waals surface area contributed by atoms with E-state index in [1.807, 2.05) is 42.2 Å². The smallest absolute Gasteiger partial charge is 0.265 e. The minimum atomic E-state index is 0.118. The SMILES string of the molecule is Cc1ccccc1CN1CCN(C(=O)c2sc(-c3ccccc3)nc2C)CC1. The van der Waals surface area contributed by atoms with Crippen molar-refractivity contribution in [3.05, 3.63) is 76.3 Å². The molecule has 4 nitrogen and oxygen atoms in total. The number of aromatic nitrogens is 1. The molecular weight excluding hydrogens is 366 g/mol. The van der Waals surface area contributed by atoms with Crippen molar-refractivity contribution < 1.29 is 4.79 Å². The Morgan fingerprint density at radius 1 is 0.964 bits per heavy atom. The third kappa shape index (κ3) is 4.01. The van der Waals surface area contributed by atoms with Crippen LogP contribution in [0.1, 0.15) is 26.5 Å². The van der Waals surface area contributed by atoms with E-state index in [-0.39, 0.29) is 5.91 Å². The highest BCUT2D eigenvalue weighted by atomic mass is 32.1. The highest BCUT2D eigenvalue weighted by Crippen LogP contribution is 2.29. The van der Waals surface area contributed by atoms with Crippen LogP contribution in [-0.2, 0) is 6.54 Å². The lowest BCUT2D eigenvalue weighted by Gasteiger charge is -2.34. The van der Waals surface area contributed by atoms with E-state index in [9.17, 15) is 4.79 Å². The minimum absolute atomic E-state index is 0.118. The quantitative estimate of drug-likeness (QED) is 0.662. The topological polar surface area (TPSA) is 36.4 Å². The zero-order chi connectivity index (χ0) is 19.5. The van der Waals surface area contributed by atoms with Crippen LogP contribution in [0.2, 0.25) is 0 Å². The van der Waals surface area contributed by atoms with Gasteiger partial charge in [0.2, 0.25) is 0 Å². The van der Waals surface area contributed by atoms with Crippen LogP contribution in [-0.4, -0.2) is 46.9 Å². The summed E-state index contributed by atoms with van der Waals surface area (Å²) in [5, 5.41) is 0.916. The van der Waals surface area contributed by atoms with Gasteiger partial charge in [-0.15, -0.1) is 11.3 Å². The van der Waals surface area contributed by atoms with E-state index in [0.717, 1.165) is 53.9 Å². The molecule has 1 aliphatic rings. The summed E-state index contributed by atoms with van der Waals surface area (Å²) in [6.45, 7) is 8.39. The fourth-order valence-electron chi connectivity index (χ4n) is 3.58. The third-order valence-electron chi connectivity index (χ3n) is 5.33. The summed E-state index contributed by atoms with van der Waals surface area (Å²) in [5.41, 5.74) is 4.59. The number of thiazole rings is 1. The van der Waals surface area contributed by atoms with E-state index >= 15 is 0 Å². The van der Waals surface area contributed by atoms with Crippen molar-refractivity contribution in [2.45, 2.75) is 20.4 Å². The van der Waals surface area contributed by atoms with Crippen LogP contribution >= 0.6 is 11.3 Å². The predicted molar refractivity (Wildman–Crippen MR) is 115 cm³/mol. The summed E-state index contributed by atoms with van der Waals surface area (Å²) < 4.78 is 0. The zero-order valence-corrected chi connectivity index (χ0v) is 17.2. The normalized spacial score (nSPS) is 15.0. The van der Waals surface area contributed by atoms with Crippen molar-refractivity contribution in [2.75, 3.05) is 26.2 Å². The molecule has 5 heteroatoms. The monoisotopic (exact) mass is 391 g/mol. The van der Waals surface area contributed by atoms with Crippen molar-refractivity contribution in [1.82, 2.24) is 14.8 Å². The lowest BCUT2D eigenvalue weighted by atomic mass is 10.1. The highest BCUT2D eigenvalue weighted by molar-refractivity contribution is 7.17. The van der Waals surface area contributed by atoms with Crippen LogP contribution in [0, 0.1) is 13.8 Å². The molecule has 0 bridgehead atoms. The van der Waals surface area contributed by atoms with Gasteiger partial charge in [0.15, 0.2) is 0 Å². The van der Waals surface area contributed by atoms with Gasteiger partial charge in [-0.2, -0.15) is 0 Å². The summed E-state index contributed by atoms with van der Waals surface area (Å²) in [6, 6.07) is 18.6. The molecule has 1 saturated heterocycles. The van der Waals surface area contributed by atoms with Gasteiger partial charge in [-0.05, 0) is 25.0 Å². The number of nitrogens with zero attached hydrogens (tertiary/aromatic N) is 3. The van der Waals surface area contributed by atoms with E-state index in [2.05, 4.69) is 41.1 Å². The summed E-state index contributed by atoms with van der Waals surface area (Å²) in [5.74, 6) is 0.118. The van der Waals surface area contributed by atoms with Gasteiger partial charge < -0.3 is 4.90 Å². The second-order valence-corrected chi connectivity index (χ2v) is 8.29. The van der Waals surface area contributed by atoms with Crippen molar-refractivity contribution in [2.24, 2.45) is 0 Å². The van der Waals surface area contributed by atoms with Gasteiger partial charge in [-0.3, -0.25) is 9.69 Å². The number of piperazine rings is 1. The molecule has 0 atom stereocenters. The second kappa shape index (κ2) is 8.25. The second-order valence-electron chi connectivity index (χ2n) is 7.29. The largest absolute Gasteiger partial charge is 0.335 e. The molecule has 0 N–H and O–H groups in total. The Morgan fingerprint density at radius 3 is 2.36 bits per heavy atom. The molecule has 1 aliphatic heterocycles. The number of hydrogen-bond acceptors (Lipinski definition) is 4. The molecule has 0 saturated carbocycles. The van der Waals surface area contributed by atoms with E-state index in [1.165, 1.54) is 22.5 Å². The Bertz CT molecular complexity index is 959. The molecule has 1 aromatic heterocycles. The molecule has 2 aromatic carbocycles. The average molecular weight is 392 g/mol. The predicted octanol–water partition coefficient (Wildman–Crippen LogP) is 4.38. The summed E-state index contributed by atoms with van der Waals surface area (Å²) in [4.78, 5) is 22.9. The number of aryl methyl sites for hydroxylation is 2. The van der Waals surface area contributed by atoms with E-state index in [1.54, 1.807) is 0 Å². The molecule has 3 aromatic rings. The Labute approximate surface area is 170 Å². The molecule has 1 amide bonds. The van der Waals surface area contributed by atoms with Crippen LogP contribution in [0.25, 0.3) is 10.6 Å². The zero-order valence-electron chi connectivity index (χ0n) is 16.4. The molecule has 0 unspecified atom stereocenters. The van der Waals surface area contributed by atoms with Crippen molar-refractivity contribution >= 4 is 17.2 Å². The molecule has 0 aliphatic carbocycles. The number of benzene rings is 2. The van der Waals surface area contributed by atoms with Gasteiger partial charge in [0.25, 0.3) is 5.91 Å². The van der Waals surface area contributed by atoms with Gasteiger partial charge in [0, 0.05) is 38.3 Å². The summed E-state index contributed by atoms with van der Waals surface area (Å²) >= 11 is 1.50. The number of amides is 1. The molecule has 0 spiro atoms. The Morgan fingerprint density at radius 2 is 1.64 bits per heavy atom. The van der Waals surface area contributed by atoms with Gasteiger partial charge in [-0.25, -0.2) is 4.98 Å². The molecule has 2 heterocycles. The van der Waals surface area contributed by atoms with Gasteiger partial charge in [0.05, 0.1) is 5.69 Å². The Hall–Kier alpha value is -2.50. The standard InChI is InChI=1S/C23H25N3OS/c1-17-8-6-7-11-20(17)16-25-12-14-26(15-13-25)23(27)21-18(2)24-22(28-21)19-9-4-3-5-10-19/h3-11H,12-16H2,1-2H3. The van der Waals surface area contributed by atoms with E-state index < -0.39 is 0 Å². The molecule has 0 radical (unpaired) electrons. The van der Waals surface area contributed by atoms with Gasteiger partial charge in [0.1, 0.15) is 9.88 Å². The number of carbonyl (C=O) groups is 1. The van der Waals surface area contributed by atoms with Crippen LogP contribution in [0.3, 0.4) is 0 Å². The maximum absolute atomic E-state index is 13.1. The third-order valence-corrected chi connectivity index (χ3v) is 6.52. The van der Waals surface area contributed by atoms with Crippen molar-refractivity contribution in [3.8, 4) is 10.6 Å². The van der Waals surface area contributed by atoms with Gasteiger partial charge in [-0.1, -0.05) is 54.6 Å². The minimum Gasteiger partial charge on any atom is -0.335 e. The van der Waals surface area contributed by atoms with E-state index in [0.29, 0.717) is 0 Å². The summed E-state index contributed by atoms with van der Waals surface area (Å²) in [6.07, 6.45) is 0. The fourth-order valence-corrected chi connectivity index (χ4v) is 4.62. The molecule has 144 valence electrons. The van der Waals surface area contributed by atoms with Gasteiger partial charge >= 0.3 is 0 Å². The Balaban J connectivity index is 1.40. The lowest BCUT2D eigenvalue weighted by Crippen LogP contribution is -2.48. The highest BCUT2D eigenvalue weighted by Gasteiger charge is 2.25. The van der Waals surface area contributed by atoms with Crippen molar-refractivity contribution in [1.29, 1.82) is 0 Å². The van der Waals surface area contributed by atoms with Crippen LogP contribution < -0.4 is 0 Å². The Kier molecular flexibility index (Phi) is 5.55. The lowest BCUT2D eigenvalue weighted by molar-refractivity contribution is 0.0632.